The van der Waals surface area contributed by atoms with Gasteiger partial charge in [-0.2, -0.15) is 0 Å². The molecule has 0 radical (unpaired) electrons. The van der Waals surface area contributed by atoms with Crippen molar-refractivity contribution in [3.05, 3.63) is 22.7 Å². The van der Waals surface area contributed by atoms with Gasteiger partial charge >= 0.3 is 0 Å². The van der Waals surface area contributed by atoms with Crippen LogP contribution in [-0.4, -0.2) is 24.4 Å². The van der Waals surface area contributed by atoms with Gasteiger partial charge in [0.25, 0.3) is 0 Å². The van der Waals surface area contributed by atoms with Crippen LogP contribution in [0.2, 0.25) is 5.02 Å². The smallest absolute Gasteiger partial charge is 0.249 e. The summed E-state index contributed by atoms with van der Waals surface area (Å²) in [6.07, 6.45) is 1.90. The van der Waals surface area contributed by atoms with Gasteiger partial charge in [-0.3, -0.25) is 4.79 Å². The summed E-state index contributed by atoms with van der Waals surface area (Å²) in [5.41, 5.74) is 11.9. The van der Waals surface area contributed by atoms with E-state index in [0.29, 0.717) is 21.5 Å². The average molecular weight is 287 g/mol. The number of hydrogen-bond acceptors (Lipinski definition) is 4. The predicted octanol–water partition coefficient (Wildman–Crippen LogP) is 2.29. The number of nitrogen functional groups attached to an aromatic ring is 1. The molecule has 2 rings (SSSR count). The lowest BCUT2D eigenvalue weighted by atomic mass is 10.2. The summed E-state index contributed by atoms with van der Waals surface area (Å²) in [6, 6.07) is 3.23. The van der Waals surface area contributed by atoms with E-state index in [9.17, 15) is 4.79 Å². The van der Waals surface area contributed by atoms with E-state index in [-0.39, 0.29) is 0 Å². The maximum Gasteiger partial charge on any atom is 0.249 e. The quantitative estimate of drug-likeness (QED) is 0.836. The van der Waals surface area contributed by atoms with Crippen molar-refractivity contribution in [2.45, 2.75) is 23.0 Å². The average Bonchev–Trinajstić information content (AvgIpc) is 2.33. The zero-order chi connectivity index (χ0) is 13.1. The van der Waals surface area contributed by atoms with E-state index in [2.05, 4.69) is 0 Å². The molecule has 1 amide bonds. The predicted molar refractivity (Wildman–Crippen MR) is 74.1 cm³/mol. The van der Waals surface area contributed by atoms with E-state index in [0.717, 1.165) is 31.0 Å². The van der Waals surface area contributed by atoms with Crippen LogP contribution in [0.1, 0.15) is 23.2 Å². The Morgan fingerprint density at radius 1 is 1.39 bits per heavy atom. The molecule has 1 aromatic rings. The topological polar surface area (TPSA) is 78.3 Å². The maximum atomic E-state index is 11.4. The number of ether oxygens (including phenoxy) is 1. The van der Waals surface area contributed by atoms with Gasteiger partial charge in [-0.15, -0.1) is 11.8 Å². The largest absolute Gasteiger partial charge is 0.399 e. The second-order valence-corrected chi connectivity index (χ2v) is 5.89. The number of rotatable bonds is 3. The number of nitrogens with two attached hydrogens (primary N) is 2. The lowest BCUT2D eigenvalue weighted by Gasteiger charge is -2.22. The molecular weight excluding hydrogens is 272 g/mol. The molecule has 4 nitrogen and oxygen atoms in total. The molecule has 1 heterocycles. The third-order valence-electron chi connectivity index (χ3n) is 2.78. The van der Waals surface area contributed by atoms with Crippen LogP contribution in [0, 0.1) is 0 Å². The maximum absolute atomic E-state index is 11.4. The Balaban J connectivity index is 2.27. The number of amides is 1. The van der Waals surface area contributed by atoms with Gasteiger partial charge in [-0.05, 0) is 25.0 Å². The fraction of sp³-hybridized carbons (Fsp3) is 0.417. The first-order chi connectivity index (χ1) is 8.58. The highest BCUT2D eigenvalue weighted by atomic mass is 35.5. The first-order valence-electron chi connectivity index (χ1n) is 5.71. The molecule has 1 aliphatic rings. The van der Waals surface area contributed by atoms with Gasteiger partial charge in [0.1, 0.15) is 0 Å². The van der Waals surface area contributed by atoms with Gasteiger partial charge in [0.05, 0.1) is 10.6 Å². The molecule has 0 atom stereocenters. The summed E-state index contributed by atoms with van der Waals surface area (Å²) in [7, 11) is 0. The molecule has 0 saturated carbocycles. The molecule has 1 aliphatic heterocycles. The Labute approximate surface area is 115 Å². The van der Waals surface area contributed by atoms with Crippen LogP contribution in [0.25, 0.3) is 0 Å². The van der Waals surface area contributed by atoms with E-state index in [4.69, 9.17) is 27.8 Å². The molecule has 0 spiro atoms. The van der Waals surface area contributed by atoms with Crippen molar-refractivity contribution in [3.8, 4) is 0 Å². The number of thioether (sulfide) groups is 1. The number of anilines is 1. The summed E-state index contributed by atoms with van der Waals surface area (Å²) in [4.78, 5) is 12.2. The molecule has 0 unspecified atom stereocenters. The zero-order valence-electron chi connectivity index (χ0n) is 9.82. The first kappa shape index (κ1) is 13.5. The number of hydrogen-bond donors (Lipinski definition) is 2. The highest BCUT2D eigenvalue weighted by molar-refractivity contribution is 8.00. The van der Waals surface area contributed by atoms with Crippen LogP contribution in [0.5, 0.6) is 0 Å². The van der Waals surface area contributed by atoms with Crippen LogP contribution in [0.3, 0.4) is 0 Å². The molecular formula is C12H15ClN2O2S. The normalized spacial score (nSPS) is 16.7. The van der Waals surface area contributed by atoms with Crippen molar-refractivity contribution in [1.29, 1.82) is 0 Å². The van der Waals surface area contributed by atoms with E-state index < -0.39 is 5.91 Å². The van der Waals surface area contributed by atoms with Crippen molar-refractivity contribution >= 4 is 35.0 Å². The number of benzene rings is 1. The third kappa shape index (κ3) is 3.10. The van der Waals surface area contributed by atoms with Crippen LogP contribution in [-0.2, 0) is 4.74 Å². The number of carbonyl (C=O) groups is 1. The van der Waals surface area contributed by atoms with E-state index >= 15 is 0 Å². The Morgan fingerprint density at radius 3 is 2.67 bits per heavy atom. The molecule has 18 heavy (non-hydrogen) atoms. The molecule has 1 aromatic carbocycles. The standard InChI is InChI=1S/C12H15ClN2O2S/c13-10-6-7(14)5-9(12(15)16)11(10)18-8-1-3-17-4-2-8/h5-6,8H,1-4,14H2,(H2,15,16). The number of halogens is 1. The van der Waals surface area contributed by atoms with Gasteiger partial charge in [-0.25, -0.2) is 0 Å². The summed E-state index contributed by atoms with van der Waals surface area (Å²) < 4.78 is 5.31. The Kier molecular flexibility index (Phi) is 4.37. The van der Waals surface area contributed by atoms with Crippen molar-refractivity contribution in [3.63, 3.8) is 0 Å². The molecule has 0 aromatic heterocycles. The molecule has 98 valence electrons. The summed E-state index contributed by atoms with van der Waals surface area (Å²) in [5.74, 6) is -0.501. The zero-order valence-corrected chi connectivity index (χ0v) is 11.4. The van der Waals surface area contributed by atoms with E-state index in [1.807, 2.05) is 0 Å². The molecule has 6 heteroatoms. The molecule has 1 fully saturated rings. The van der Waals surface area contributed by atoms with Crippen LogP contribution in [0.4, 0.5) is 5.69 Å². The molecule has 0 aliphatic carbocycles. The van der Waals surface area contributed by atoms with Crippen LogP contribution < -0.4 is 11.5 Å². The lowest BCUT2D eigenvalue weighted by Crippen LogP contribution is -2.19. The van der Waals surface area contributed by atoms with Crippen LogP contribution in [0.15, 0.2) is 17.0 Å². The van der Waals surface area contributed by atoms with Gasteiger partial charge in [0.15, 0.2) is 0 Å². The fourth-order valence-electron chi connectivity index (χ4n) is 1.88. The SMILES string of the molecule is NC(=O)c1cc(N)cc(Cl)c1SC1CCOCC1. The fourth-order valence-corrected chi connectivity index (χ4v) is 3.46. The molecule has 1 saturated heterocycles. The minimum absolute atomic E-state index is 0.400. The summed E-state index contributed by atoms with van der Waals surface area (Å²) in [5, 5.41) is 0.887. The van der Waals surface area contributed by atoms with Gasteiger partial charge in [-0.1, -0.05) is 11.6 Å². The summed E-state index contributed by atoms with van der Waals surface area (Å²) >= 11 is 7.74. The summed E-state index contributed by atoms with van der Waals surface area (Å²) in [6.45, 7) is 1.49. The van der Waals surface area contributed by atoms with Crippen molar-refractivity contribution in [1.82, 2.24) is 0 Å². The van der Waals surface area contributed by atoms with E-state index in [1.54, 1.807) is 23.9 Å². The first-order valence-corrected chi connectivity index (χ1v) is 6.97. The lowest BCUT2D eigenvalue weighted by molar-refractivity contribution is 0.0996. The monoisotopic (exact) mass is 286 g/mol. The van der Waals surface area contributed by atoms with Crippen molar-refractivity contribution < 1.29 is 9.53 Å². The van der Waals surface area contributed by atoms with Gasteiger partial charge in [0, 0.05) is 29.0 Å². The van der Waals surface area contributed by atoms with Crippen LogP contribution >= 0.6 is 23.4 Å². The second kappa shape index (κ2) is 5.82. The van der Waals surface area contributed by atoms with Crippen molar-refractivity contribution in [2.75, 3.05) is 18.9 Å². The minimum Gasteiger partial charge on any atom is -0.399 e. The Hall–Kier alpha value is -0.910. The number of primary amides is 1. The number of carbonyl (C=O) groups excluding carboxylic acids is 1. The highest BCUT2D eigenvalue weighted by Gasteiger charge is 2.20. The Morgan fingerprint density at radius 2 is 2.06 bits per heavy atom. The second-order valence-electron chi connectivity index (χ2n) is 4.17. The van der Waals surface area contributed by atoms with Gasteiger partial charge < -0.3 is 16.2 Å². The Bertz CT molecular complexity index is 462. The minimum atomic E-state index is -0.501. The third-order valence-corrected chi connectivity index (χ3v) is 4.67. The van der Waals surface area contributed by atoms with Gasteiger partial charge in [0.2, 0.25) is 5.91 Å². The van der Waals surface area contributed by atoms with Crippen molar-refractivity contribution in [2.24, 2.45) is 5.73 Å². The molecule has 0 bridgehead atoms. The molecule has 4 N–H and O–H groups in total. The van der Waals surface area contributed by atoms with E-state index in [1.165, 1.54) is 0 Å². The highest BCUT2D eigenvalue weighted by Crippen LogP contribution is 2.38.